The van der Waals surface area contributed by atoms with Crippen molar-refractivity contribution in [1.29, 1.82) is 0 Å². The van der Waals surface area contributed by atoms with Crippen molar-refractivity contribution in [3.8, 4) is 0 Å². The van der Waals surface area contributed by atoms with E-state index in [0.29, 0.717) is 18.8 Å². The van der Waals surface area contributed by atoms with Crippen LogP contribution < -0.4 is 4.90 Å². The van der Waals surface area contributed by atoms with Crippen LogP contribution in [0.25, 0.3) is 0 Å². The third-order valence-electron chi connectivity index (χ3n) is 3.35. The van der Waals surface area contributed by atoms with E-state index in [-0.39, 0.29) is 5.56 Å². The average Bonchev–Trinajstić information content (AvgIpc) is 2.41. The number of hydrogen-bond donors (Lipinski definition) is 1. The fraction of sp³-hybridized carbons (Fsp3) is 0.600. The van der Waals surface area contributed by atoms with E-state index in [1.165, 1.54) is 6.07 Å². The third kappa shape index (κ3) is 5.21. The molecule has 0 spiro atoms. The van der Waals surface area contributed by atoms with E-state index in [0.717, 1.165) is 19.0 Å². The molecule has 120 valence electrons. The molecule has 0 aliphatic rings. The highest BCUT2D eigenvalue weighted by molar-refractivity contribution is 5.51. The number of anilines is 1. The zero-order valence-corrected chi connectivity index (χ0v) is 12.7. The Labute approximate surface area is 124 Å². The third-order valence-corrected chi connectivity index (χ3v) is 3.35. The topological polar surface area (TPSA) is 26.7 Å². The number of benzene rings is 1. The SMILES string of the molecule is CCN(CCCN(C)C)c1ccc(CO)c(C(F)(F)F)c1. The van der Waals surface area contributed by atoms with Gasteiger partial charge in [0.05, 0.1) is 12.2 Å². The van der Waals surface area contributed by atoms with Crippen molar-refractivity contribution in [3.05, 3.63) is 29.3 Å². The Balaban J connectivity index is 2.95. The molecule has 0 aliphatic carbocycles. The standard InChI is InChI=1S/C15H23F3N2O/c1-4-20(9-5-8-19(2)3)13-7-6-12(11-21)14(10-13)15(16,17)18/h6-7,10,21H,4-5,8-9,11H2,1-3H3. The van der Waals surface area contributed by atoms with Gasteiger partial charge in [-0.2, -0.15) is 13.2 Å². The summed E-state index contributed by atoms with van der Waals surface area (Å²) in [5.41, 5.74) is -0.301. The van der Waals surface area contributed by atoms with E-state index in [1.54, 1.807) is 6.07 Å². The maximum Gasteiger partial charge on any atom is 0.416 e. The predicted molar refractivity (Wildman–Crippen MR) is 78.4 cm³/mol. The second-order valence-corrected chi connectivity index (χ2v) is 5.23. The van der Waals surface area contributed by atoms with Crippen molar-refractivity contribution in [2.24, 2.45) is 0 Å². The second kappa shape index (κ2) is 7.66. The molecule has 6 heteroatoms. The van der Waals surface area contributed by atoms with E-state index < -0.39 is 18.3 Å². The largest absolute Gasteiger partial charge is 0.416 e. The van der Waals surface area contributed by atoms with Gasteiger partial charge >= 0.3 is 6.18 Å². The summed E-state index contributed by atoms with van der Waals surface area (Å²) in [5.74, 6) is 0. The molecule has 1 rings (SSSR count). The molecule has 1 N–H and O–H groups in total. The molecule has 0 unspecified atom stereocenters. The number of hydrogen-bond acceptors (Lipinski definition) is 3. The van der Waals surface area contributed by atoms with Gasteiger partial charge in [0.1, 0.15) is 0 Å². The minimum Gasteiger partial charge on any atom is -0.392 e. The molecule has 0 aliphatic heterocycles. The summed E-state index contributed by atoms with van der Waals surface area (Å²) < 4.78 is 39.0. The molecule has 0 heterocycles. The van der Waals surface area contributed by atoms with Crippen LogP contribution >= 0.6 is 0 Å². The van der Waals surface area contributed by atoms with Gasteiger partial charge in [0, 0.05) is 18.8 Å². The number of nitrogens with zero attached hydrogens (tertiary/aromatic N) is 2. The number of rotatable bonds is 7. The Bertz CT molecular complexity index is 447. The molecule has 0 atom stereocenters. The van der Waals surface area contributed by atoms with E-state index in [1.807, 2.05) is 30.8 Å². The fourth-order valence-electron chi connectivity index (χ4n) is 2.21. The molecular formula is C15H23F3N2O. The molecule has 0 radical (unpaired) electrons. The minimum absolute atomic E-state index is 0.0874. The lowest BCUT2D eigenvalue weighted by atomic mass is 10.1. The fourth-order valence-corrected chi connectivity index (χ4v) is 2.21. The Kier molecular flexibility index (Phi) is 6.48. The molecule has 1 aromatic carbocycles. The lowest BCUT2D eigenvalue weighted by Gasteiger charge is -2.25. The van der Waals surface area contributed by atoms with Crippen molar-refractivity contribution < 1.29 is 18.3 Å². The molecule has 3 nitrogen and oxygen atoms in total. The van der Waals surface area contributed by atoms with Crippen LogP contribution in [0.5, 0.6) is 0 Å². The Hall–Kier alpha value is -1.27. The summed E-state index contributed by atoms with van der Waals surface area (Å²) in [6, 6.07) is 4.12. The van der Waals surface area contributed by atoms with Crippen LogP contribution in [0.3, 0.4) is 0 Å². The summed E-state index contributed by atoms with van der Waals surface area (Å²) in [4.78, 5) is 3.96. The lowest BCUT2D eigenvalue weighted by Crippen LogP contribution is -2.27. The van der Waals surface area contributed by atoms with Gasteiger partial charge in [-0.05, 0) is 51.7 Å². The maximum atomic E-state index is 13.0. The van der Waals surface area contributed by atoms with E-state index in [9.17, 15) is 13.2 Å². The highest BCUT2D eigenvalue weighted by Gasteiger charge is 2.33. The molecule has 0 fully saturated rings. The summed E-state index contributed by atoms with van der Waals surface area (Å²) in [5, 5.41) is 9.05. The van der Waals surface area contributed by atoms with Crippen molar-refractivity contribution in [2.45, 2.75) is 26.1 Å². The zero-order valence-electron chi connectivity index (χ0n) is 12.7. The van der Waals surface area contributed by atoms with Gasteiger partial charge in [-0.1, -0.05) is 6.07 Å². The van der Waals surface area contributed by atoms with Crippen molar-refractivity contribution in [2.75, 3.05) is 38.6 Å². The average molecular weight is 304 g/mol. The molecule has 0 saturated carbocycles. The van der Waals surface area contributed by atoms with Crippen LogP contribution in [-0.4, -0.2) is 43.7 Å². The van der Waals surface area contributed by atoms with Crippen LogP contribution in [0, 0.1) is 0 Å². The van der Waals surface area contributed by atoms with E-state index in [2.05, 4.69) is 0 Å². The maximum absolute atomic E-state index is 13.0. The number of aliphatic hydroxyl groups excluding tert-OH is 1. The smallest absolute Gasteiger partial charge is 0.392 e. The highest BCUT2D eigenvalue weighted by Crippen LogP contribution is 2.34. The van der Waals surface area contributed by atoms with Gasteiger partial charge in [0.25, 0.3) is 0 Å². The van der Waals surface area contributed by atoms with E-state index in [4.69, 9.17) is 5.11 Å². The van der Waals surface area contributed by atoms with Crippen LogP contribution in [0.15, 0.2) is 18.2 Å². The Morgan fingerprint density at radius 3 is 2.29 bits per heavy atom. The van der Waals surface area contributed by atoms with Crippen LogP contribution in [-0.2, 0) is 12.8 Å². The first-order valence-corrected chi connectivity index (χ1v) is 7.00. The number of halogens is 3. The van der Waals surface area contributed by atoms with Crippen molar-refractivity contribution in [1.82, 2.24) is 4.90 Å². The van der Waals surface area contributed by atoms with Gasteiger partial charge < -0.3 is 14.9 Å². The normalized spacial score (nSPS) is 12.0. The molecule has 0 bridgehead atoms. The quantitative estimate of drug-likeness (QED) is 0.839. The molecule has 0 aromatic heterocycles. The summed E-state index contributed by atoms with van der Waals surface area (Å²) in [6.45, 7) is 3.54. The van der Waals surface area contributed by atoms with Gasteiger partial charge in [-0.15, -0.1) is 0 Å². The van der Waals surface area contributed by atoms with Gasteiger partial charge in [0.2, 0.25) is 0 Å². The summed E-state index contributed by atoms with van der Waals surface area (Å²) in [6.07, 6.45) is -3.57. The number of alkyl halides is 3. The Morgan fingerprint density at radius 2 is 1.81 bits per heavy atom. The van der Waals surface area contributed by atoms with Gasteiger partial charge in [-0.3, -0.25) is 0 Å². The highest BCUT2D eigenvalue weighted by atomic mass is 19.4. The van der Waals surface area contributed by atoms with Gasteiger partial charge in [0.15, 0.2) is 0 Å². The van der Waals surface area contributed by atoms with Crippen LogP contribution in [0.2, 0.25) is 0 Å². The molecule has 0 amide bonds. The second-order valence-electron chi connectivity index (χ2n) is 5.23. The number of aliphatic hydroxyl groups is 1. The summed E-state index contributed by atoms with van der Waals surface area (Å²) >= 11 is 0. The molecule has 0 saturated heterocycles. The Morgan fingerprint density at radius 1 is 1.14 bits per heavy atom. The van der Waals surface area contributed by atoms with Crippen LogP contribution in [0.4, 0.5) is 18.9 Å². The first-order chi connectivity index (χ1) is 9.79. The van der Waals surface area contributed by atoms with Crippen molar-refractivity contribution in [3.63, 3.8) is 0 Å². The van der Waals surface area contributed by atoms with Crippen LogP contribution in [0.1, 0.15) is 24.5 Å². The summed E-state index contributed by atoms with van der Waals surface area (Å²) in [7, 11) is 3.93. The molecular weight excluding hydrogens is 281 g/mol. The molecule has 21 heavy (non-hydrogen) atoms. The van der Waals surface area contributed by atoms with Gasteiger partial charge in [-0.25, -0.2) is 0 Å². The monoisotopic (exact) mass is 304 g/mol. The first kappa shape index (κ1) is 17.8. The first-order valence-electron chi connectivity index (χ1n) is 7.00. The molecule has 1 aromatic rings. The predicted octanol–water partition coefficient (Wildman–Crippen LogP) is 2.98. The van der Waals surface area contributed by atoms with E-state index >= 15 is 0 Å². The zero-order chi connectivity index (χ0) is 16.0. The lowest BCUT2D eigenvalue weighted by molar-refractivity contribution is -0.138. The minimum atomic E-state index is -4.45. The van der Waals surface area contributed by atoms with Crippen molar-refractivity contribution >= 4 is 5.69 Å².